The Bertz CT molecular complexity index is 535. The fraction of sp³-hybridized carbons (Fsp3) is 0.100. The summed E-state index contributed by atoms with van der Waals surface area (Å²) in [5.41, 5.74) is 0.498. The van der Waals surface area contributed by atoms with E-state index in [4.69, 9.17) is 23.2 Å². The molecule has 0 radical (unpaired) electrons. The third kappa shape index (κ3) is 3.01. The second-order valence-electron chi connectivity index (χ2n) is 3.17. The molecule has 0 saturated heterocycles. The highest BCUT2D eigenvalue weighted by Gasteiger charge is 2.07. The number of hydrogen-bond acceptors (Lipinski definition) is 4. The molecule has 1 N–H and O–H groups in total. The summed E-state index contributed by atoms with van der Waals surface area (Å²) < 4.78 is 13.3. The second kappa shape index (κ2) is 5.25. The number of benzene rings is 1. The molecule has 2 rings (SSSR count). The van der Waals surface area contributed by atoms with Crippen LogP contribution >= 0.6 is 23.2 Å². The standard InChI is InChI=1S/C10H7Cl2FN4/c11-8-9(15-10(12)17-16-8)14-5-6-3-1-2-4-7(6)13/h1-4H,5H2,(H,14,15,17). The Hall–Kier alpha value is -1.46. The molecular formula is C10H7Cl2FN4. The van der Waals surface area contributed by atoms with E-state index < -0.39 is 0 Å². The van der Waals surface area contributed by atoms with E-state index in [1.165, 1.54) is 6.07 Å². The van der Waals surface area contributed by atoms with Gasteiger partial charge in [0.15, 0.2) is 11.0 Å². The Morgan fingerprint density at radius 2 is 1.94 bits per heavy atom. The summed E-state index contributed by atoms with van der Waals surface area (Å²) in [5.74, 6) is -0.0286. The van der Waals surface area contributed by atoms with Gasteiger partial charge in [0.2, 0.25) is 5.28 Å². The van der Waals surface area contributed by atoms with Gasteiger partial charge in [-0.15, -0.1) is 10.2 Å². The lowest BCUT2D eigenvalue weighted by Crippen LogP contribution is -2.05. The molecule has 17 heavy (non-hydrogen) atoms. The van der Waals surface area contributed by atoms with Crippen LogP contribution in [0.3, 0.4) is 0 Å². The molecule has 88 valence electrons. The Morgan fingerprint density at radius 3 is 2.71 bits per heavy atom. The fourth-order valence-corrected chi connectivity index (χ4v) is 1.50. The van der Waals surface area contributed by atoms with Crippen LogP contribution in [0.1, 0.15) is 5.56 Å². The van der Waals surface area contributed by atoms with Crippen molar-refractivity contribution >= 4 is 29.0 Å². The zero-order valence-electron chi connectivity index (χ0n) is 8.49. The first kappa shape index (κ1) is 12.0. The predicted molar refractivity (Wildman–Crippen MR) is 63.6 cm³/mol. The summed E-state index contributed by atoms with van der Waals surface area (Å²) in [6, 6.07) is 6.40. The van der Waals surface area contributed by atoms with E-state index in [1.807, 2.05) is 0 Å². The average Bonchev–Trinajstić information content (AvgIpc) is 2.32. The van der Waals surface area contributed by atoms with Crippen molar-refractivity contribution in [3.8, 4) is 0 Å². The van der Waals surface area contributed by atoms with Gasteiger partial charge in [-0.25, -0.2) is 4.39 Å². The monoisotopic (exact) mass is 272 g/mol. The van der Waals surface area contributed by atoms with Gasteiger partial charge in [0, 0.05) is 12.1 Å². The molecule has 1 aromatic carbocycles. The number of nitrogens with one attached hydrogen (secondary N) is 1. The minimum Gasteiger partial charge on any atom is -0.363 e. The first-order chi connectivity index (χ1) is 8.16. The molecule has 2 aromatic rings. The highest BCUT2D eigenvalue weighted by Crippen LogP contribution is 2.18. The summed E-state index contributed by atoms with van der Waals surface area (Å²) in [6.45, 7) is 0.238. The maximum absolute atomic E-state index is 13.3. The molecule has 0 atom stereocenters. The topological polar surface area (TPSA) is 50.7 Å². The molecule has 0 amide bonds. The molecule has 0 aliphatic carbocycles. The summed E-state index contributed by atoms with van der Waals surface area (Å²) in [6.07, 6.45) is 0. The van der Waals surface area contributed by atoms with Crippen LogP contribution in [0, 0.1) is 5.82 Å². The Balaban J connectivity index is 2.12. The summed E-state index contributed by atoms with van der Waals surface area (Å²) >= 11 is 11.3. The Labute approximate surface area is 107 Å². The van der Waals surface area contributed by atoms with Crippen molar-refractivity contribution in [2.45, 2.75) is 6.54 Å². The normalized spacial score (nSPS) is 10.3. The van der Waals surface area contributed by atoms with Gasteiger partial charge in [0.25, 0.3) is 0 Å². The predicted octanol–water partition coefficient (Wildman–Crippen LogP) is 2.93. The lowest BCUT2D eigenvalue weighted by Gasteiger charge is -2.07. The van der Waals surface area contributed by atoms with Crippen molar-refractivity contribution in [2.75, 3.05) is 5.32 Å². The van der Waals surface area contributed by atoms with Gasteiger partial charge in [0.05, 0.1) is 0 Å². The quantitative estimate of drug-likeness (QED) is 0.934. The number of anilines is 1. The lowest BCUT2D eigenvalue weighted by molar-refractivity contribution is 0.613. The molecule has 0 spiro atoms. The third-order valence-corrected chi connectivity index (χ3v) is 2.44. The van der Waals surface area contributed by atoms with Crippen LogP contribution in [0.4, 0.5) is 10.2 Å². The number of aromatic nitrogens is 3. The lowest BCUT2D eigenvalue weighted by atomic mass is 10.2. The first-order valence-corrected chi connectivity index (χ1v) is 5.45. The third-order valence-electron chi connectivity index (χ3n) is 2.02. The summed E-state index contributed by atoms with van der Waals surface area (Å²) in [5, 5.41) is 9.96. The Morgan fingerprint density at radius 1 is 1.18 bits per heavy atom. The van der Waals surface area contributed by atoms with Crippen LogP contribution in [-0.2, 0) is 6.54 Å². The van der Waals surface area contributed by atoms with Crippen LogP contribution in [0.5, 0.6) is 0 Å². The molecule has 0 fully saturated rings. The van der Waals surface area contributed by atoms with Crippen molar-refractivity contribution in [1.82, 2.24) is 15.2 Å². The molecule has 0 unspecified atom stereocenters. The van der Waals surface area contributed by atoms with E-state index in [0.717, 1.165) is 0 Å². The maximum atomic E-state index is 13.3. The van der Waals surface area contributed by atoms with Crippen LogP contribution in [0.15, 0.2) is 24.3 Å². The van der Waals surface area contributed by atoms with Gasteiger partial charge in [-0.1, -0.05) is 29.8 Å². The second-order valence-corrected chi connectivity index (χ2v) is 3.86. The van der Waals surface area contributed by atoms with Gasteiger partial charge in [-0.2, -0.15) is 4.98 Å². The molecular weight excluding hydrogens is 266 g/mol. The molecule has 0 aliphatic heterocycles. The van der Waals surface area contributed by atoms with E-state index in [2.05, 4.69) is 20.5 Å². The van der Waals surface area contributed by atoms with Crippen molar-refractivity contribution < 1.29 is 4.39 Å². The van der Waals surface area contributed by atoms with Gasteiger partial charge >= 0.3 is 0 Å². The summed E-state index contributed by atoms with van der Waals surface area (Å²) in [4.78, 5) is 3.84. The smallest absolute Gasteiger partial charge is 0.245 e. The first-order valence-electron chi connectivity index (χ1n) is 4.70. The minimum atomic E-state index is -0.302. The largest absolute Gasteiger partial charge is 0.363 e. The van der Waals surface area contributed by atoms with E-state index in [1.54, 1.807) is 18.2 Å². The van der Waals surface area contributed by atoms with Crippen LogP contribution in [-0.4, -0.2) is 15.2 Å². The average molecular weight is 273 g/mol. The van der Waals surface area contributed by atoms with Gasteiger partial charge < -0.3 is 5.32 Å². The maximum Gasteiger partial charge on any atom is 0.245 e. The molecule has 0 aliphatic rings. The molecule has 0 bridgehead atoms. The highest BCUT2D eigenvalue weighted by atomic mass is 35.5. The van der Waals surface area contributed by atoms with Gasteiger partial charge in [0.1, 0.15) is 5.82 Å². The van der Waals surface area contributed by atoms with E-state index in [-0.39, 0.29) is 28.6 Å². The SMILES string of the molecule is Fc1ccccc1CNc1nc(Cl)nnc1Cl. The molecule has 7 heteroatoms. The fourth-order valence-electron chi connectivity index (χ4n) is 1.23. The molecule has 4 nitrogen and oxygen atoms in total. The van der Waals surface area contributed by atoms with Gasteiger partial charge in [-0.05, 0) is 17.7 Å². The number of rotatable bonds is 3. The van der Waals surface area contributed by atoms with Crippen molar-refractivity contribution in [2.24, 2.45) is 0 Å². The van der Waals surface area contributed by atoms with E-state index in [0.29, 0.717) is 5.56 Å². The van der Waals surface area contributed by atoms with E-state index in [9.17, 15) is 4.39 Å². The van der Waals surface area contributed by atoms with Gasteiger partial charge in [-0.3, -0.25) is 0 Å². The molecule has 0 saturated carbocycles. The highest BCUT2D eigenvalue weighted by molar-refractivity contribution is 6.32. The van der Waals surface area contributed by atoms with Crippen molar-refractivity contribution in [3.05, 3.63) is 46.1 Å². The van der Waals surface area contributed by atoms with Crippen LogP contribution in [0.2, 0.25) is 10.4 Å². The zero-order chi connectivity index (χ0) is 12.3. The molecule has 1 aromatic heterocycles. The van der Waals surface area contributed by atoms with Crippen LogP contribution < -0.4 is 5.32 Å². The molecule has 1 heterocycles. The minimum absolute atomic E-state index is 0.0227. The van der Waals surface area contributed by atoms with Crippen molar-refractivity contribution in [3.63, 3.8) is 0 Å². The Kier molecular flexibility index (Phi) is 3.71. The van der Waals surface area contributed by atoms with Crippen molar-refractivity contribution in [1.29, 1.82) is 0 Å². The number of hydrogen-bond donors (Lipinski definition) is 1. The van der Waals surface area contributed by atoms with Crippen LogP contribution in [0.25, 0.3) is 0 Å². The van der Waals surface area contributed by atoms with E-state index >= 15 is 0 Å². The zero-order valence-corrected chi connectivity index (χ0v) is 10.0. The number of halogens is 3. The number of nitrogens with zero attached hydrogens (tertiary/aromatic N) is 3. The summed E-state index contributed by atoms with van der Waals surface area (Å²) in [7, 11) is 0.